The van der Waals surface area contributed by atoms with E-state index in [1.807, 2.05) is 5.57 Å². The number of rotatable bonds is 2. The molecule has 3 aliphatic carbocycles. The van der Waals surface area contributed by atoms with Gasteiger partial charge in [0.15, 0.2) is 0 Å². The molecule has 0 radical (unpaired) electrons. The second-order valence-corrected chi connectivity index (χ2v) is 19.9. The van der Waals surface area contributed by atoms with E-state index in [9.17, 15) is 0 Å². The average Bonchev–Trinajstić information content (AvgIpc) is 2.99. The molecule has 0 aliphatic heterocycles. The fourth-order valence-corrected chi connectivity index (χ4v) is 13.0. The third-order valence-electron chi connectivity index (χ3n) is 6.00. The molecule has 0 aromatic rings. The maximum absolute atomic E-state index is 2.67. The van der Waals surface area contributed by atoms with Gasteiger partial charge in [-0.15, -0.1) is 0 Å². The van der Waals surface area contributed by atoms with Crippen molar-refractivity contribution in [3.05, 3.63) is 47.1 Å². The third kappa shape index (κ3) is 1.96. The normalized spacial score (nSPS) is 31.1. The molecule has 3 aliphatic rings. The van der Waals surface area contributed by atoms with Gasteiger partial charge in [-0.05, 0) is 0 Å². The third-order valence-corrected chi connectivity index (χ3v) is 18.7. The molecule has 0 saturated heterocycles. The fraction of sp³-hybridized carbons (Fsp3) is 0.556. The topological polar surface area (TPSA) is 0 Å². The van der Waals surface area contributed by atoms with E-state index in [1.165, 1.54) is 25.7 Å². The van der Waals surface area contributed by atoms with Gasteiger partial charge in [0.05, 0.1) is 0 Å². The molecular formula is C18H26Zr. The summed E-state index contributed by atoms with van der Waals surface area (Å²) in [6, 6.07) is 0. The molecule has 0 bridgehead atoms. The summed E-state index contributed by atoms with van der Waals surface area (Å²) in [5, 5.41) is 0. The van der Waals surface area contributed by atoms with Gasteiger partial charge in [-0.3, -0.25) is 0 Å². The Balaban J connectivity index is 2.05. The molecule has 0 amide bonds. The summed E-state index contributed by atoms with van der Waals surface area (Å²) in [4.78, 5) is 0. The molecule has 0 heterocycles. The number of hydrogen-bond acceptors (Lipinski definition) is 0. The monoisotopic (exact) mass is 332 g/mol. The first kappa shape index (κ1) is 13.8. The molecule has 0 aromatic carbocycles. The van der Waals surface area contributed by atoms with Gasteiger partial charge in [-0.1, -0.05) is 0 Å². The van der Waals surface area contributed by atoms with Crippen molar-refractivity contribution in [3.8, 4) is 0 Å². The molecule has 0 aromatic heterocycles. The molecule has 102 valence electrons. The first-order valence-corrected chi connectivity index (χ1v) is 15.3. The van der Waals surface area contributed by atoms with Crippen LogP contribution in [0.5, 0.6) is 0 Å². The fourth-order valence-electron chi connectivity index (χ4n) is 4.35. The Morgan fingerprint density at radius 3 is 2.42 bits per heavy atom. The Morgan fingerprint density at radius 1 is 1.11 bits per heavy atom. The van der Waals surface area contributed by atoms with Crippen LogP contribution >= 0.6 is 0 Å². The zero-order valence-electron chi connectivity index (χ0n) is 12.8. The molecule has 3 rings (SSSR count). The van der Waals surface area contributed by atoms with E-state index in [2.05, 4.69) is 53.5 Å². The zero-order valence-corrected chi connectivity index (χ0v) is 15.3. The van der Waals surface area contributed by atoms with Crippen LogP contribution in [0.3, 0.4) is 0 Å². The van der Waals surface area contributed by atoms with E-state index in [1.54, 1.807) is 11.1 Å². The van der Waals surface area contributed by atoms with Gasteiger partial charge in [0.25, 0.3) is 0 Å². The van der Waals surface area contributed by atoms with Crippen LogP contribution in [-0.2, 0) is 20.3 Å². The van der Waals surface area contributed by atoms with Gasteiger partial charge in [0.1, 0.15) is 0 Å². The standard InChI is InChI=1S/C11H15.C5H5.2CH3.Zr/c1-8-7-9(2)11-6-4-3-5-10(8)11;1-2-4-5-3-1;;;/h7H,3-6H2,1-2H3;1-5H;2*1H3;. The predicted octanol–water partition coefficient (Wildman–Crippen LogP) is 6.16. The van der Waals surface area contributed by atoms with Gasteiger partial charge >= 0.3 is 123 Å². The van der Waals surface area contributed by atoms with Crippen molar-refractivity contribution in [1.29, 1.82) is 0 Å². The van der Waals surface area contributed by atoms with Gasteiger partial charge in [-0.25, -0.2) is 0 Å². The quantitative estimate of drug-likeness (QED) is 0.567. The van der Waals surface area contributed by atoms with Gasteiger partial charge in [0, 0.05) is 0 Å². The Morgan fingerprint density at radius 2 is 1.74 bits per heavy atom. The van der Waals surface area contributed by atoms with Crippen molar-refractivity contribution in [2.75, 3.05) is 0 Å². The molecule has 1 unspecified atom stereocenters. The first-order valence-electron chi connectivity index (χ1n) is 7.74. The van der Waals surface area contributed by atoms with Crippen LogP contribution in [0, 0.1) is 0 Å². The van der Waals surface area contributed by atoms with E-state index in [4.69, 9.17) is 0 Å². The Kier molecular flexibility index (Phi) is 3.41. The first-order chi connectivity index (χ1) is 8.97. The van der Waals surface area contributed by atoms with E-state index >= 15 is 0 Å². The summed E-state index contributed by atoms with van der Waals surface area (Å²) in [6.07, 6.45) is 17.6. The summed E-state index contributed by atoms with van der Waals surface area (Å²) in [5.41, 5.74) is 5.18. The Labute approximate surface area is 122 Å². The van der Waals surface area contributed by atoms with Crippen molar-refractivity contribution in [2.24, 2.45) is 0 Å². The molecule has 0 spiro atoms. The molecule has 1 heteroatoms. The average molecular weight is 334 g/mol. The van der Waals surface area contributed by atoms with E-state index in [0.717, 1.165) is 3.63 Å². The van der Waals surface area contributed by atoms with Crippen LogP contribution in [0.1, 0.15) is 39.5 Å². The second kappa shape index (κ2) is 4.69. The zero-order chi connectivity index (χ0) is 13.7. The van der Waals surface area contributed by atoms with Crippen LogP contribution in [-0.4, -0.2) is 0 Å². The van der Waals surface area contributed by atoms with Crippen molar-refractivity contribution in [3.63, 3.8) is 0 Å². The van der Waals surface area contributed by atoms with Crippen molar-refractivity contribution in [1.82, 2.24) is 0 Å². The van der Waals surface area contributed by atoms with Crippen LogP contribution in [0.4, 0.5) is 0 Å². The van der Waals surface area contributed by atoms with Gasteiger partial charge < -0.3 is 0 Å². The van der Waals surface area contributed by atoms with E-state index in [0.29, 0.717) is 3.12 Å². The summed E-state index contributed by atoms with van der Waals surface area (Å²) >= 11 is -2.28. The molecule has 0 N–H and O–H groups in total. The Bertz CT molecular complexity index is 504. The molecule has 0 fully saturated rings. The van der Waals surface area contributed by atoms with Crippen LogP contribution in [0.2, 0.25) is 16.0 Å². The minimum atomic E-state index is -2.28. The van der Waals surface area contributed by atoms with Crippen molar-refractivity contribution >= 4 is 0 Å². The maximum atomic E-state index is 2.67. The van der Waals surface area contributed by atoms with Crippen LogP contribution in [0.25, 0.3) is 0 Å². The van der Waals surface area contributed by atoms with Crippen molar-refractivity contribution in [2.45, 2.75) is 55.5 Å². The number of allylic oxidation sites excluding steroid dienone is 8. The summed E-state index contributed by atoms with van der Waals surface area (Å²) < 4.78 is 6.54. The van der Waals surface area contributed by atoms with E-state index < -0.39 is 20.3 Å². The van der Waals surface area contributed by atoms with Gasteiger partial charge in [0.2, 0.25) is 0 Å². The van der Waals surface area contributed by atoms with Crippen molar-refractivity contribution < 1.29 is 20.3 Å². The summed E-state index contributed by atoms with van der Waals surface area (Å²) in [7, 11) is 0. The van der Waals surface area contributed by atoms with Gasteiger partial charge in [-0.2, -0.15) is 0 Å². The van der Waals surface area contributed by atoms with Crippen LogP contribution in [0.15, 0.2) is 47.1 Å². The van der Waals surface area contributed by atoms with E-state index in [-0.39, 0.29) is 0 Å². The summed E-state index contributed by atoms with van der Waals surface area (Å²) in [5.74, 6) is 0. The molecule has 0 nitrogen and oxygen atoms in total. The molecule has 0 saturated carbocycles. The number of hydrogen-bond donors (Lipinski definition) is 0. The minimum absolute atomic E-state index is 0.443. The van der Waals surface area contributed by atoms with Crippen LogP contribution < -0.4 is 0 Å². The second-order valence-electron chi connectivity index (χ2n) is 7.21. The predicted molar refractivity (Wildman–Crippen MR) is 81.4 cm³/mol. The Hall–Kier alpha value is -0.157. The summed E-state index contributed by atoms with van der Waals surface area (Å²) in [6.45, 7) is 4.93. The molecular weight excluding hydrogens is 307 g/mol. The molecule has 19 heavy (non-hydrogen) atoms. The SMILES string of the molecule is CC1=C[C](C)([Zr]([CH3])([CH3])[CH]2C=CC=C2)C2=C1CCCC2. The molecule has 1 atom stereocenters.